The van der Waals surface area contributed by atoms with Crippen LogP contribution in [0, 0.1) is 0 Å². The minimum absolute atomic E-state index is 0. The normalized spacial score (nSPS) is 11.1. The first-order chi connectivity index (χ1) is 6.56. The molecule has 0 unspecified atom stereocenters. The van der Waals surface area contributed by atoms with Gasteiger partial charge in [0, 0.05) is 5.33 Å². The van der Waals surface area contributed by atoms with Crippen LogP contribution in [0.2, 0.25) is 0 Å². The molecule has 15 heavy (non-hydrogen) atoms. The van der Waals surface area contributed by atoms with E-state index in [1.807, 2.05) is 0 Å². The van der Waals surface area contributed by atoms with Crippen molar-refractivity contribution in [1.29, 1.82) is 0 Å². The molecule has 0 amide bonds. The third kappa shape index (κ3) is 18.0. The Kier molecular flexibility index (Phi) is 14.8. The van der Waals surface area contributed by atoms with E-state index in [1.165, 1.54) is 25.7 Å². The van der Waals surface area contributed by atoms with Gasteiger partial charge in [-0.1, -0.05) is 48.0 Å². The van der Waals surface area contributed by atoms with Crippen LogP contribution in [0.25, 0.3) is 0 Å². The molecule has 0 aliphatic rings. The molecule has 1 N–H and O–H groups in total. The molecule has 0 saturated carbocycles. The van der Waals surface area contributed by atoms with E-state index < -0.39 is 10.1 Å². The Morgan fingerprint density at radius 3 is 1.67 bits per heavy atom. The van der Waals surface area contributed by atoms with E-state index in [1.54, 1.807) is 0 Å². The number of hydrogen-bond donors (Lipinski definition) is 1. The predicted octanol–water partition coefficient (Wildman–Crippen LogP) is 2.35. The average molecular weight is 311 g/mol. The summed E-state index contributed by atoms with van der Waals surface area (Å²) in [5.74, 6) is -0.0889. The first-order valence-corrected chi connectivity index (χ1v) is 7.80. The Labute approximate surface area is 124 Å². The first kappa shape index (κ1) is 18.7. The first-order valence-electron chi connectivity index (χ1n) is 5.07. The molecule has 0 aromatic rings. The number of alkyl halides is 1. The Morgan fingerprint density at radius 1 is 0.867 bits per heavy atom. The van der Waals surface area contributed by atoms with Crippen LogP contribution in [0.15, 0.2) is 0 Å². The quantitative estimate of drug-likeness (QED) is 0.308. The standard InChI is InChI=1S/C9H19BrO3S.Na.H/c10-8-6-4-2-1-3-5-7-9-14(11,12)13;;/h1-9H2,(H,11,12,13);;. The Bertz CT molecular complexity index is 219. The molecule has 0 aromatic carbocycles. The molecule has 0 aliphatic carbocycles. The molecule has 0 rings (SSSR count). The maximum atomic E-state index is 10.4. The van der Waals surface area contributed by atoms with Crippen LogP contribution < -0.4 is 0 Å². The summed E-state index contributed by atoms with van der Waals surface area (Å²) in [7, 11) is -3.73. The molecule has 0 fully saturated rings. The van der Waals surface area contributed by atoms with Crippen molar-refractivity contribution in [3.63, 3.8) is 0 Å². The molecule has 0 saturated heterocycles. The summed E-state index contributed by atoms with van der Waals surface area (Å²) < 4.78 is 29.2. The second-order valence-electron chi connectivity index (χ2n) is 3.45. The molecule has 3 nitrogen and oxygen atoms in total. The van der Waals surface area contributed by atoms with Gasteiger partial charge in [0.1, 0.15) is 0 Å². The van der Waals surface area contributed by atoms with Crippen LogP contribution in [0.4, 0.5) is 0 Å². The number of unbranched alkanes of at least 4 members (excludes halogenated alkanes) is 6. The summed E-state index contributed by atoms with van der Waals surface area (Å²) in [6.45, 7) is 0. The SMILES string of the molecule is O=S(=O)(O)CCCCCCCCCBr.[NaH]. The van der Waals surface area contributed by atoms with E-state index in [0.717, 1.165) is 18.2 Å². The maximum absolute atomic E-state index is 10.4. The Morgan fingerprint density at radius 2 is 1.27 bits per heavy atom. The molecule has 0 bridgehead atoms. The van der Waals surface area contributed by atoms with Crippen LogP contribution in [0.5, 0.6) is 0 Å². The summed E-state index contributed by atoms with van der Waals surface area (Å²) in [4.78, 5) is 0. The Hall–Kier alpha value is 1.39. The topological polar surface area (TPSA) is 54.4 Å². The van der Waals surface area contributed by atoms with E-state index in [4.69, 9.17) is 4.55 Å². The van der Waals surface area contributed by atoms with Crippen LogP contribution in [0.3, 0.4) is 0 Å². The van der Waals surface area contributed by atoms with Gasteiger partial charge in [-0.25, -0.2) is 0 Å². The summed E-state index contributed by atoms with van der Waals surface area (Å²) >= 11 is 3.37. The molecule has 0 heterocycles. The molecule has 0 atom stereocenters. The fourth-order valence-electron chi connectivity index (χ4n) is 1.26. The summed E-state index contributed by atoms with van der Waals surface area (Å²) in [6, 6.07) is 0. The van der Waals surface area contributed by atoms with Gasteiger partial charge in [-0.2, -0.15) is 8.42 Å². The molecule has 88 valence electrons. The fraction of sp³-hybridized carbons (Fsp3) is 1.00. The number of hydrogen-bond acceptors (Lipinski definition) is 2. The third-order valence-corrected chi connectivity index (χ3v) is 3.40. The van der Waals surface area contributed by atoms with Crippen molar-refractivity contribution in [3.05, 3.63) is 0 Å². The van der Waals surface area contributed by atoms with Gasteiger partial charge in [-0.05, 0) is 12.8 Å². The Balaban J connectivity index is 0. The van der Waals surface area contributed by atoms with Crippen molar-refractivity contribution in [2.75, 3.05) is 11.1 Å². The van der Waals surface area contributed by atoms with Crippen molar-refractivity contribution in [3.8, 4) is 0 Å². The van der Waals surface area contributed by atoms with Crippen molar-refractivity contribution in [1.82, 2.24) is 0 Å². The van der Waals surface area contributed by atoms with E-state index in [9.17, 15) is 8.42 Å². The van der Waals surface area contributed by atoms with Gasteiger partial charge < -0.3 is 0 Å². The second kappa shape index (κ2) is 11.9. The van der Waals surface area contributed by atoms with E-state index >= 15 is 0 Å². The number of rotatable bonds is 9. The van der Waals surface area contributed by atoms with Gasteiger partial charge in [-0.15, -0.1) is 0 Å². The molecular formula is C9H20BrNaO3S. The molecule has 0 aromatic heterocycles. The van der Waals surface area contributed by atoms with Crippen LogP contribution in [-0.4, -0.2) is 53.6 Å². The summed E-state index contributed by atoms with van der Waals surface area (Å²) in [6.07, 6.45) is 7.38. The van der Waals surface area contributed by atoms with Gasteiger partial charge in [0.25, 0.3) is 10.1 Å². The molecule has 0 spiro atoms. The van der Waals surface area contributed by atoms with E-state index in [2.05, 4.69) is 15.9 Å². The van der Waals surface area contributed by atoms with Crippen LogP contribution in [0.1, 0.15) is 44.9 Å². The van der Waals surface area contributed by atoms with E-state index in [0.29, 0.717) is 6.42 Å². The van der Waals surface area contributed by atoms with Crippen molar-refractivity contribution in [2.45, 2.75) is 44.9 Å². The monoisotopic (exact) mass is 310 g/mol. The van der Waals surface area contributed by atoms with Gasteiger partial charge in [0.2, 0.25) is 0 Å². The molecular weight excluding hydrogens is 291 g/mol. The van der Waals surface area contributed by atoms with Crippen LogP contribution >= 0.6 is 15.9 Å². The zero-order chi connectivity index (χ0) is 10.9. The van der Waals surface area contributed by atoms with Crippen molar-refractivity contribution < 1.29 is 13.0 Å². The van der Waals surface area contributed by atoms with Gasteiger partial charge >= 0.3 is 29.6 Å². The predicted molar refractivity (Wildman–Crippen MR) is 69.7 cm³/mol. The van der Waals surface area contributed by atoms with Gasteiger partial charge in [0.15, 0.2) is 0 Å². The van der Waals surface area contributed by atoms with Crippen LogP contribution in [-0.2, 0) is 10.1 Å². The summed E-state index contributed by atoms with van der Waals surface area (Å²) in [5, 5.41) is 1.07. The average Bonchev–Trinajstić information content (AvgIpc) is 2.08. The van der Waals surface area contributed by atoms with Gasteiger partial charge in [-0.3, -0.25) is 4.55 Å². The van der Waals surface area contributed by atoms with E-state index in [-0.39, 0.29) is 35.3 Å². The summed E-state index contributed by atoms with van der Waals surface area (Å²) in [5.41, 5.74) is 0. The van der Waals surface area contributed by atoms with Crippen molar-refractivity contribution >= 4 is 55.6 Å². The molecule has 0 radical (unpaired) electrons. The zero-order valence-electron chi connectivity index (χ0n) is 8.41. The zero-order valence-corrected chi connectivity index (χ0v) is 10.8. The molecule has 0 aliphatic heterocycles. The van der Waals surface area contributed by atoms with Gasteiger partial charge in [0.05, 0.1) is 5.75 Å². The number of halogens is 1. The third-order valence-electron chi connectivity index (χ3n) is 2.04. The molecule has 6 heteroatoms. The minimum atomic E-state index is -3.73. The van der Waals surface area contributed by atoms with Crippen molar-refractivity contribution in [2.24, 2.45) is 0 Å². The fourth-order valence-corrected chi connectivity index (χ4v) is 2.23. The second-order valence-corrected chi connectivity index (χ2v) is 5.81.